The zero-order valence-corrected chi connectivity index (χ0v) is 12.3. The Hall–Kier alpha value is -1.64. The maximum Gasteiger partial charge on any atom is 0.305 e. The molecule has 0 saturated heterocycles. The predicted octanol–water partition coefficient (Wildman–Crippen LogP) is 0.470. The van der Waals surface area contributed by atoms with Gasteiger partial charge in [-0.15, -0.1) is 5.10 Å². The molecular weight excluding hydrogens is 294 g/mol. The van der Waals surface area contributed by atoms with Gasteiger partial charge in [-0.05, 0) is 42.0 Å². The third kappa shape index (κ3) is 3.93. The van der Waals surface area contributed by atoms with E-state index in [1.165, 1.54) is 11.8 Å². The Kier molecular flexibility index (Phi) is 4.09. The smallest absolute Gasteiger partial charge is 0.305 e. The van der Waals surface area contributed by atoms with Gasteiger partial charge in [-0.1, -0.05) is 11.8 Å². The highest BCUT2D eigenvalue weighted by molar-refractivity contribution is 7.99. The number of amides is 1. The molecule has 9 heteroatoms. The Morgan fingerprint density at radius 3 is 2.76 bits per heavy atom. The molecule has 2 fully saturated rings. The van der Waals surface area contributed by atoms with Gasteiger partial charge in [0.2, 0.25) is 11.1 Å². The average molecular weight is 311 g/mol. The van der Waals surface area contributed by atoms with Crippen molar-refractivity contribution in [3.05, 3.63) is 0 Å². The monoisotopic (exact) mass is 311 g/mol. The van der Waals surface area contributed by atoms with Crippen LogP contribution in [0.4, 0.5) is 0 Å². The lowest BCUT2D eigenvalue weighted by molar-refractivity contribution is -0.137. The van der Waals surface area contributed by atoms with Crippen molar-refractivity contribution in [3.8, 4) is 0 Å². The number of carbonyl (C=O) groups is 2. The molecule has 114 valence electrons. The maximum atomic E-state index is 12.0. The third-order valence-corrected chi connectivity index (χ3v) is 4.55. The summed E-state index contributed by atoms with van der Waals surface area (Å²) in [5.41, 5.74) is 0. The maximum absolute atomic E-state index is 12.0. The molecule has 8 nitrogen and oxygen atoms in total. The van der Waals surface area contributed by atoms with Gasteiger partial charge in [0.25, 0.3) is 0 Å². The number of tetrazole rings is 1. The second kappa shape index (κ2) is 6.00. The molecule has 1 aromatic heterocycles. The highest BCUT2D eigenvalue weighted by atomic mass is 32.2. The summed E-state index contributed by atoms with van der Waals surface area (Å²) in [6.45, 7) is 0. The van der Waals surface area contributed by atoms with Gasteiger partial charge in [0.15, 0.2) is 0 Å². The number of carboxylic acids is 1. The molecule has 2 aliphatic rings. The first-order valence-electron chi connectivity index (χ1n) is 7.05. The van der Waals surface area contributed by atoms with Gasteiger partial charge in [0.05, 0.1) is 18.2 Å². The van der Waals surface area contributed by atoms with E-state index in [4.69, 9.17) is 5.11 Å². The molecule has 0 spiro atoms. The number of carbonyl (C=O) groups excluding carboxylic acids is 1. The summed E-state index contributed by atoms with van der Waals surface area (Å²) in [7, 11) is 0. The third-order valence-electron chi connectivity index (χ3n) is 3.62. The summed E-state index contributed by atoms with van der Waals surface area (Å²) >= 11 is 1.29. The molecule has 0 aliphatic heterocycles. The molecule has 21 heavy (non-hydrogen) atoms. The van der Waals surface area contributed by atoms with Crippen LogP contribution < -0.4 is 5.32 Å². The van der Waals surface area contributed by atoms with E-state index in [1.807, 2.05) is 0 Å². The van der Waals surface area contributed by atoms with Crippen LogP contribution in [0.5, 0.6) is 0 Å². The van der Waals surface area contributed by atoms with Crippen molar-refractivity contribution >= 4 is 23.6 Å². The van der Waals surface area contributed by atoms with Gasteiger partial charge >= 0.3 is 5.97 Å². The largest absolute Gasteiger partial charge is 0.481 e. The first-order chi connectivity index (χ1) is 10.1. The lowest BCUT2D eigenvalue weighted by Crippen LogP contribution is -2.39. The van der Waals surface area contributed by atoms with Crippen LogP contribution in [0.25, 0.3) is 0 Å². The number of rotatable bonds is 8. The fourth-order valence-corrected chi connectivity index (χ4v) is 2.99. The lowest BCUT2D eigenvalue weighted by atomic mass is 10.1. The molecule has 2 N–H and O–H groups in total. The van der Waals surface area contributed by atoms with Crippen molar-refractivity contribution in [2.45, 2.75) is 49.3 Å². The van der Waals surface area contributed by atoms with E-state index in [2.05, 4.69) is 20.8 Å². The normalized spacial score (nSPS) is 19.2. The van der Waals surface area contributed by atoms with Crippen LogP contribution in [0.2, 0.25) is 0 Å². The predicted molar refractivity (Wildman–Crippen MR) is 73.7 cm³/mol. The molecule has 1 heterocycles. The molecule has 2 saturated carbocycles. The first kappa shape index (κ1) is 14.3. The minimum absolute atomic E-state index is 0.0130. The van der Waals surface area contributed by atoms with Gasteiger partial charge in [-0.25, -0.2) is 4.68 Å². The fraction of sp³-hybridized carbons (Fsp3) is 0.750. The van der Waals surface area contributed by atoms with Gasteiger partial charge in [0.1, 0.15) is 0 Å². The number of nitrogens with zero attached hydrogens (tertiary/aromatic N) is 4. The number of aliphatic carboxylic acids is 1. The van der Waals surface area contributed by atoms with E-state index < -0.39 is 5.97 Å². The summed E-state index contributed by atoms with van der Waals surface area (Å²) < 4.78 is 1.76. The van der Waals surface area contributed by atoms with Crippen molar-refractivity contribution in [1.29, 1.82) is 0 Å². The Bertz CT molecular complexity index is 541. The van der Waals surface area contributed by atoms with E-state index >= 15 is 0 Å². The minimum Gasteiger partial charge on any atom is -0.481 e. The zero-order valence-electron chi connectivity index (χ0n) is 11.4. The number of hydrogen-bond donors (Lipinski definition) is 2. The Labute approximate surface area is 125 Å². The van der Waals surface area contributed by atoms with Crippen LogP contribution in [0.3, 0.4) is 0 Å². The molecule has 0 radical (unpaired) electrons. The highest BCUT2D eigenvalue weighted by Gasteiger charge is 2.34. The molecule has 0 aromatic carbocycles. The molecule has 1 amide bonds. The Morgan fingerprint density at radius 1 is 1.38 bits per heavy atom. The van der Waals surface area contributed by atoms with E-state index in [0.29, 0.717) is 17.1 Å². The topological polar surface area (TPSA) is 110 Å². The van der Waals surface area contributed by atoms with Gasteiger partial charge in [-0.2, -0.15) is 0 Å². The SMILES string of the molecule is O=C(O)CC(NC(=O)CSc1nnnn1C1CC1)C1CC1. The van der Waals surface area contributed by atoms with Crippen LogP contribution >= 0.6 is 11.8 Å². The summed E-state index contributed by atoms with van der Waals surface area (Å²) in [4.78, 5) is 22.8. The average Bonchev–Trinajstić information content (AvgIpc) is 3.33. The first-order valence-corrected chi connectivity index (χ1v) is 8.04. The Balaban J connectivity index is 1.49. The summed E-state index contributed by atoms with van der Waals surface area (Å²) in [5, 5.41) is 23.8. The van der Waals surface area contributed by atoms with Crippen molar-refractivity contribution in [1.82, 2.24) is 25.5 Å². The second-order valence-corrected chi connectivity index (χ2v) is 6.48. The number of nitrogens with one attached hydrogen (secondary N) is 1. The van der Waals surface area contributed by atoms with E-state index in [0.717, 1.165) is 25.7 Å². The number of hydrogen-bond acceptors (Lipinski definition) is 6. The summed E-state index contributed by atoms with van der Waals surface area (Å²) in [6, 6.07) is 0.117. The second-order valence-electron chi connectivity index (χ2n) is 5.54. The molecule has 2 aliphatic carbocycles. The van der Waals surface area contributed by atoms with Crippen molar-refractivity contribution in [3.63, 3.8) is 0 Å². The number of thioether (sulfide) groups is 1. The standard InChI is InChI=1S/C12H17N5O3S/c18-10(13-9(5-11(19)20)7-1-2-7)6-21-12-14-15-16-17(12)8-3-4-8/h7-9H,1-6H2,(H,13,18)(H,19,20). The van der Waals surface area contributed by atoms with Crippen molar-refractivity contribution in [2.24, 2.45) is 5.92 Å². The van der Waals surface area contributed by atoms with Crippen LogP contribution in [0.1, 0.15) is 38.1 Å². The molecule has 1 atom stereocenters. The quantitative estimate of drug-likeness (QED) is 0.671. The molecular formula is C12H17N5O3S. The minimum atomic E-state index is -0.877. The molecule has 1 aromatic rings. The molecule has 3 rings (SSSR count). The van der Waals surface area contributed by atoms with E-state index in [9.17, 15) is 9.59 Å². The highest BCUT2D eigenvalue weighted by Crippen LogP contribution is 2.36. The summed E-state index contributed by atoms with van der Waals surface area (Å²) in [5.74, 6) is -0.525. The van der Waals surface area contributed by atoms with Crippen LogP contribution in [-0.4, -0.2) is 49.0 Å². The van der Waals surface area contributed by atoms with Crippen molar-refractivity contribution in [2.75, 3.05) is 5.75 Å². The van der Waals surface area contributed by atoms with Gasteiger partial charge in [0, 0.05) is 6.04 Å². The van der Waals surface area contributed by atoms with Gasteiger partial charge < -0.3 is 10.4 Å². The van der Waals surface area contributed by atoms with E-state index in [1.54, 1.807) is 4.68 Å². The van der Waals surface area contributed by atoms with Crippen LogP contribution in [0.15, 0.2) is 5.16 Å². The summed E-state index contributed by atoms with van der Waals surface area (Å²) in [6.07, 6.45) is 4.12. The van der Waals surface area contributed by atoms with Crippen LogP contribution in [-0.2, 0) is 9.59 Å². The zero-order chi connectivity index (χ0) is 14.8. The van der Waals surface area contributed by atoms with Gasteiger partial charge in [-0.3, -0.25) is 9.59 Å². The number of aromatic nitrogens is 4. The number of carboxylic acid groups (broad SMARTS) is 1. The fourth-order valence-electron chi connectivity index (χ4n) is 2.23. The Morgan fingerprint density at radius 2 is 2.14 bits per heavy atom. The van der Waals surface area contributed by atoms with E-state index in [-0.39, 0.29) is 24.1 Å². The molecule has 0 bridgehead atoms. The van der Waals surface area contributed by atoms with Crippen molar-refractivity contribution < 1.29 is 14.7 Å². The van der Waals surface area contributed by atoms with Crippen LogP contribution in [0, 0.1) is 5.92 Å². The lowest BCUT2D eigenvalue weighted by Gasteiger charge is -2.15. The molecule has 1 unspecified atom stereocenters.